The third-order valence-corrected chi connectivity index (χ3v) is 3.09. The first kappa shape index (κ1) is 12.6. The average Bonchev–Trinajstić information content (AvgIpc) is 2.64. The predicted octanol–water partition coefficient (Wildman–Crippen LogP) is -1.37. The second-order valence-corrected chi connectivity index (χ2v) is 4.28. The highest BCUT2D eigenvalue weighted by molar-refractivity contribution is 6.43. The summed E-state index contributed by atoms with van der Waals surface area (Å²) >= 11 is 0. The molecule has 0 aliphatic carbocycles. The molecular weight excluding hydrogens is 195 g/mol. The van der Waals surface area contributed by atoms with Crippen molar-refractivity contribution in [3.63, 3.8) is 0 Å². The lowest BCUT2D eigenvalue weighted by Gasteiger charge is -2.27. The third kappa shape index (κ3) is 3.27. The van der Waals surface area contributed by atoms with E-state index in [9.17, 15) is 4.79 Å². The zero-order valence-corrected chi connectivity index (χ0v) is 9.04. The Morgan fingerprint density at radius 1 is 1.67 bits per heavy atom. The molecule has 6 heteroatoms. The molecule has 15 heavy (non-hydrogen) atoms. The largest absolute Gasteiger partial charge is 0.469 e. The molecule has 0 spiro atoms. The van der Waals surface area contributed by atoms with Gasteiger partial charge in [0.15, 0.2) is 0 Å². The van der Waals surface area contributed by atoms with Gasteiger partial charge in [0.25, 0.3) is 0 Å². The fourth-order valence-corrected chi connectivity index (χ4v) is 1.95. The van der Waals surface area contributed by atoms with Crippen LogP contribution in [0.25, 0.3) is 0 Å². The van der Waals surface area contributed by atoms with Crippen LogP contribution in [-0.2, 0) is 4.79 Å². The molecule has 4 N–H and O–H groups in total. The highest BCUT2D eigenvalue weighted by atomic mass is 16.4. The smallest absolute Gasteiger partial charge is 0.426 e. The Morgan fingerprint density at radius 2 is 2.33 bits per heavy atom. The van der Waals surface area contributed by atoms with E-state index in [1.54, 1.807) is 6.92 Å². The van der Waals surface area contributed by atoms with Crippen molar-refractivity contribution in [2.24, 2.45) is 11.7 Å². The van der Waals surface area contributed by atoms with Crippen molar-refractivity contribution in [3.05, 3.63) is 0 Å². The molecule has 0 aromatic rings. The van der Waals surface area contributed by atoms with Crippen LogP contribution in [0, 0.1) is 5.92 Å². The summed E-state index contributed by atoms with van der Waals surface area (Å²) in [7, 11) is -1.31. The molecule has 0 radical (unpaired) electrons. The third-order valence-electron chi connectivity index (χ3n) is 3.09. The quantitative estimate of drug-likeness (QED) is 0.388. The van der Waals surface area contributed by atoms with Crippen LogP contribution in [0.15, 0.2) is 0 Å². The van der Waals surface area contributed by atoms with E-state index < -0.39 is 7.12 Å². The Bertz CT molecular complexity index is 216. The van der Waals surface area contributed by atoms with Gasteiger partial charge in [0.1, 0.15) is 6.29 Å². The fourth-order valence-electron chi connectivity index (χ4n) is 1.95. The van der Waals surface area contributed by atoms with Crippen LogP contribution < -0.4 is 5.73 Å². The van der Waals surface area contributed by atoms with Crippen LogP contribution in [0.3, 0.4) is 0 Å². The van der Waals surface area contributed by atoms with Gasteiger partial charge in [0, 0.05) is 24.4 Å². The van der Waals surface area contributed by atoms with Gasteiger partial charge in [-0.15, -0.1) is 0 Å². The van der Waals surface area contributed by atoms with Gasteiger partial charge in [0.05, 0.1) is 0 Å². The van der Waals surface area contributed by atoms with Crippen molar-refractivity contribution >= 4 is 13.4 Å². The minimum Gasteiger partial charge on any atom is -0.426 e. The molecule has 1 unspecified atom stereocenters. The van der Waals surface area contributed by atoms with E-state index in [1.165, 1.54) is 0 Å². The molecule has 1 aliphatic heterocycles. The number of nitrogens with two attached hydrogens (primary N) is 1. The van der Waals surface area contributed by atoms with E-state index in [-0.39, 0.29) is 17.9 Å². The van der Waals surface area contributed by atoms with Crippen molar-refractivity contribution in [3.8, 4) is 0 Å². The number of aldehydes is 1. The van der Waals surface area contributed by atoms with Gasteiger partial charge >= 0.3 is 7.12 Å². The molecule has 0 aromatic heterocycles. The normalized spacial score (nSPS) is 26.3. The Balaban J connectivity index is 2.46. The molecule has 5 nitrogen and oxygen atoms in total. The number of rotatable bonds is 5. The number of hydrogen-bond acceptors (Lipinski definition) is 5. The van der Waals surface area contributed by atoms with Crippen LogP contribution in [0.1, 0.15) is 19.8 Å². The molecule has 1 heterocycles. The lowest BCUT2D eigenvalue weighted by Crippen LogP contribution is -2.49. The van der Waals surface area contributed by atoms with Crippen molar-refractivity contribution < 1.29 is 14.8 Å². The Labute approximate surface area is 90.4 Å². The first-order valence-electron chi connectivity index (χ1n) is 5.37. The SMILES string of the molecule is CC(C=O)[C@H](N)CN1CCC[C@H]1B(O)O. The number of hydrogen-bond donors (Lipinski definition) is 3. The van der Waals surface area contributed by atoms with Crippen molar-refractivity contribution in [2.75, 3.05) is 13.1 Å². The van der Waals surface area contributed by atoms with Crippen LogP contribution >= 0.6 is 0 Å². The van der Waals surface area contributed by atoms with Gasteiger partial charge in [-0.25, -0.2) is 0 Å². The summed E-state index contributed by atoms with van der Waals surface area (Å²) in [5, 5.41) is 18.3. The van der Waals surface area contributed by atoms with Crippen LogP contribution in [0.4, 0.5) is 0 Å². The number of likely N-dealkylation sites (tertiary alicyclic amines) is 1. The van der Waals surface area contributed by atoms with Gasteiger partial charge in [-0.05, 0) is 19.4 Å². The van der Waals surface area contributed by atoms with Gasteiger partial charge in [-0.3, -0.25) is 0 Å². The Kier molecular flexibility index (Phi) is 4.72. The van der Waals surface area contributed by atoms with Gasteiger partial charge in [-0.1, -0.05) is 6.92 Å². The lowest BCUT2D eigenvalue weighted by molar-refractivity contribution is -0.111. The van der Waals surface area contributed by atoms with E-state index >= 15 is 0 Å². The number of nitrogens with zero attached hydrogens (tertiary/aromatic N) is 1. The summed E-state index contributed by atoms with van der Waals surface area (Å²) in [6.45, 7) is 3.14. The first-order chi connectivity index (χ1) is 7.06. The van der Waals surface area contributed by atoms with Gasteiger partial charge in [0.2, 0.25) is 0 Å². The molecule has 0 aromatic carbocycles. The van der Waals surface area contributed by atoms with E-state index in [4.69, 9.17) is 15.8 Å². The average molecular weight is 214 g/mol. The molecule has 1 saturated heterocycles. The standard InChI is InChI=1S/C9H19BN2O3/c1-7(6-13)8(11)5-12-4-2-3-9(12)10(14)15/h6-9,14-15H,2-5,11H2,1H3/t7?,8-,9+/m1/s1. The summed E-state index contributed by atoms with van der Waals surface area (Å²) < 4.78 is 0. The van der Waals surface area contributed by atoms with E-state index in [0.717, 1.165) is 25.7 Å². The minimum absolute atomic E-state index is 0.193. The van der Waals surface area contributed by atoms with Gasteiger partial charge < -0.3 is 25.5 Å². The maximum absolute atomic E-state index is 10.5. The zero-order chi connectivity index (χ0) is 11.4. The summed E-state index contributed by atoms with van der Waals surface area (Å²) in [6.07, 6.45) is 2.56. The highest BCUT2D eigenvalue weighted by Gasteiger charge is 2.34. The maximum Gasteiger partial charge on any atom is 0.469 e. The second-order valence-electron chi connectivity index (χ2n) is 4.28. The Morgan fingerprint density at radius 3 is 2.87 bits per heavy atom. The van der Waals surface area contributed by atoms with Crippen LogP contribution in [-0.4, -0.2) is 53.4 Å². The Hall–Kier alpha value is -0.425. The van der Waals surface area contributed by atoms with E-state index in [0.29, 0.717) is 6.54 Å². The van der Waals surface area contributed by atoms with Crippen molar-refractivity contribution in [1.29, 1.82) is 0 Å². The predicted molar refractivity (Wildman–Crippen MR) is 58.0 cm³/mol. The maximum atomic E-state index is 10.5. The zero-order valence-electron chi connectivity index (χ0n) is 9.04. The summed E-state index contributed by atoms with van der Waals surface area (Å²) in [5.74, 6) is -0.419. The molecule has 0 bridgehead atoms. The summed E-state index contributed by atoms with van der Waals surface area (Å²) in [6, 6.07) is -0.234. The molecule has 0 saturated carbocycles. The van der Waals surface area contributed by atoms with Crippen LogP contribution in [0.5, 0.6) is 0 Å². The highest BCUT2D eigenvalue weighted by Crippen LogP contribution is 2.18. The summed E-state index contributed by atoms with van der Waals surface area (Å²) in [5.41, 5.74) is 5.83. The van der Waals surface area contributed by atoms with Crippen molar-refractivity contribution in [1.82, 2.24) is 4.90 Å². The van der Waals surface area contributed by atoms with Crippen LogP contribution in [0.2, 0.25) is 0 Å². The summed E-state index contributed by atoms with van der Waals surface area (Å²) in [4.78, 5) is 12.5. The van der Waals surface area contributed by atoms with E-state index in [1.807, 2.05) is 4.90 Å². The topological polar surface area (TPSA) is 86.8 Å². The van der Waals surface area contributed by atoms with Crippen molar-refractivity contribution in [2.45, 2.75) is 31.7 Å². The molecule has 1 rings (SSSR count). The number of carbonyl (C=O) groups excluding carboxylic acids is 1. The van der Waals surface area contributed by atoms with Gasteiger partial charge in [-0.2, -0.15) is 0 Å². The fraction of sp³-hybridized carbons (Fsp3) is 0.889. The molecule has 0 amide bonds. The lowest BCUT2D eigenvalue weighted by atomic mass is 9.77. The molecule has 1 aliphatic rings. The molecule has 86 valence electrons. The molecular formula is C9H19BN2O3. The van der Waals surface area contributed by atoms with E-state index in [2.05, 4.69) is 0 Å². The molecule has 3 atom stereocenters. The molecule has 1 fully saturated rings. The minimum atomic E-state index is -1.31. The number of carbonyl (C=O) groups is 1. The second kappa shape index (κ2) is 5.60. The monoisotopic (exact) mass is 214 g/mol. The first-order valence-corrected chi connectivity index (χ1v) is 5.37.